The maximum absolute atomic E-state index is 5.22. The Morgan fingerprint density at radius 3 is 2.62 bits per heavy atom. The third-order valence-corrected chi connectivity index (χ3v) is 13.3. The summed E-state index contributed by atoms with van der Waals surface area (Å²) >= 11 is 0. The molecule has 0 radical (unpaired) electrons. The molecule has 5 nitrogen and oxygen atoms in total. The van der Waals surface area contributed by atoms with E-state index in [0.29, 0.717) is 17.9 Å². The highest BCUT2D eigenvalue weighted by atomic mass is 15.2. The molecule has 5 heteroatoms. The molecule has 0 bridgehead atoms. The van der Waals surface area contributed by atoms with Gasteiger partial charge in [-0.05, 0) is 96.9 Å². The second kappa shape index (κ2) is 13.6. The zero-order valence-electron chi connectivity index (χ0n) is 32.6. The monoisotopic (exact) mass is 751 g/mol. The minimum Gasteiger partial charge on any atom is -0.344 e. The topological polar surface area (TPSA) is 44.9 Å². The summed E-state index contributed by atoms with van der Waals surface area (Å²) in [4.78, 5) is 13.1. The summed E-state index contributed by atoms with van der Waals surface area (Å²) < 4.78 is 2.56. The number of hydrogen-bond donors (Lipinski definition) is 1. The highest BCUT2D eigenvalue weighted by Gasteiger charge is 2.41. The van der Waals surface area contributed by atoms with Gasteiger partial charge in [-0.25, -0.2) is 9.98 Å². The minimum atomic E-state index is -0.215. The van der Waals surface area contributed by atoms with Crippen LogP contribution in [0.1, 0.15) is 78.6 Å². The molecule has 0 amide bonds. The van der Waals surface area contributed by atoms with Crippen LogP contribution >= 0.6 is 0 Å². The van der Waals surface area contributed by atoms with Crippen LogP contribution in [0.3, 0.4) is 0 Å². The summed E-state index contributed by atoms with van der Waals surface area (Å²) in [5.74, 6) is 2.50. The number of fused-ring (bicyclic) bond motifs is 9. The van der Waals surface area contributed by atoms with Gasteiger partial charge in [-0.1, -0.05) is 134 Å². The Kier molecular flexibility index (Phi) is 7.89. The number of nitrogens with one attached hydrogen (secondary N) is 1. The van der Waals surface area contributed by atoms with Crippen LogP contribution in [0.15, 0.2) is 166 Å². The first kappa shape index (κ1) is 33.7. The molecule has 7 aliphatic rings. The average Bonchev–Trinajstić information content (AvgIpc) is 3.81. The van der Waals surface area contributed by atoms with Crippen LogP contribution in [0.5, 0.6) is 0 Å². The molecule has 12 rings (SSSR count). The van der Waals surface area contributed by atoms with Crippen LogP contribution in [0.4, 0.5) is 5.69 Å². The predicted molar refractivity (Wildman–Crippen MR) is 240 cm³/mol. The highest BCUT2D eigenvalue weighted by molar-refractivity contribution is 6.13. The zero-order chi connectivity index (χ0) is 38.2. The molecule has 0 spiro atoms. The van der Waals surface area contributed by atoms with Crippen LogP contribution in [0.25, 0.3) is 34.7 Å². The largest absolute Gasteiger partial charge is 0.344 e. The van der Waals surface area contributed by atoms with Crippen molar-refractivity contribution >= 4 is 46.4 Å². The number of amidine groups is 2. The molecular weight excluding hydrogens is 707 g/mol. The number of nitrogens with zero attached hydrogens (tertiary/aromatic N) is 4. The van der Waals surface area contributed by atoms with Crippen LogP contribution in [0, 0.1) is 5.92 Å². The standard InChI is InChI=1S/C53H45N5/c1-3-15-35(16-4-1)51-54-52(36-17-5-2-6-18-36)56-53(55-51)39-21-13-22-40(30-39)57-48-29-27-41(33-46(48)45-31-37-19-7-8-20-38(37)32-49(45)57)58-47-25-12-11-24-43(47)44-28-26-34-14-9-10-23-42(34)50(44)58/h1-5,7-11,13-17,20-24,26,28,30-33,37,43,47,51H,6,12,18-19,25,27,29H2,(H,54,55,56). The molecule has 0 saturated heterocycles. The Balaban J connectivity index is 1.01. The van der Waals surface area contributed by atoms with Crippen molar-refractivity contribution in [1.29, 1.82) is 0 Å². The fourth-order valence-electron chi connectivity index (χ4n) is 10.6. The Labute approximate surface area is 339 Å². The lowest BCUT2D eigenvalue weighted by molar-refractivity contribution is 0.546. The van der Waals surface area contributed by atoms with Crippen molar-refractivity contribution in [1.82, 2.24) is 9.88 Å². The lowest BCUT2D eigenvalue weighted by atomic mass is 9.86. The quantitative estimate of drug-likeness (QED) is 0.182. The molecule has 2 aliphatic heterocycles. The van der Waals surface area contributed by atoms with Gasteiger partial charge in [-0.15, -0.1) is 0 Å². The fraction of sp³-hybridized carbons (Fsp3) is 0.208. The second-order valence-electron chi connectivity index (χ2n) is 16.7. The van der Waals surface area contributed by atoms with Crippen molar-refractivity contribution in [3.05, 3.63) is 195 Å². The van der Waals surface area contributed by atoms with Gasteiger partial charge in [0.15, 0.2) is 5.84 Å². The average molecular weight is 752 g/mol. The van der Waals surface area contributed by atoms with Gasteiger partial charge in [0.2, 0.25) is 0 Å². The first-order valence-electron chi connectivity index (χ1n) is 21.2. The summed E-state index contributed by atoms with van der Waals surface area (Å²) in [6.07, 6.45) is 32.9. The Bertz CT molecular complexity index is 2930. The predicted octanol–water partition coefficient (Wildman–Crippen LogP) is 10.0. The van der Waals surface area contributed by atoms with Gasteiger partial charge in [0.1, 0.15) is 12.0 Å². The molecule has 3 heterocycles. The fourth-order valence-corrected chi connectivity index (χ4v) is 10.6. The van der Waals surface area contributed by atoms with E-state index in [4.69, 9.17) is 9.98 Å². The van der Waals surface area contributed by atoms with Crippen molar-refractivity contribution in [3.8, 4) is 5.69 Å². The maximum atomic E-state index is 5.22. The molecule has 5 aromatic rings. The number of anilines is 1. The van der Waals surface area contributed by atoms with E-state index in [1.807, 2.05) is 0 Å². The lowest BCUT2D eigenvalue weighted by Crippen LogP contribution is -2.35. The van der Waals surface area contributed by atoms with Crippen LogP contribution < -0.4 is 20.8 Å². The number of hydrogen-bond acceptors (Lipinski definition) is 4. The Hall–Kier alpha value is -6.46. The van der Waals surface area contributed by atoms with Crippen molar-refractivity contribution in [2.24, 2.45) is 15.9 Å². The van der Waals surface area contributed by atoms with Gasteiger partial charge in [0.25, 0.3) is 0 Å². The van der Waals surface area contributed by atoms with Gasteiger partial charge in [0.05, 0.1) is 11.0 Å². The van der Waals surface area contributed by atoms with Crippen molar-refractivity contribution in [2.45, 2.75) is 63.1 Å². The molecule has 1 N–H and O–H groups in total. The van der Waals surface area contributed by atoms with E-state index < -0.39 is 0 Å². The van der Waals surface area contributed by atoms with E-state index >= 15 is 0 Å². The van der Waals surface area contributed by atoms with Gasteiger partial charge < -0.3 is 14.8 Å². The molecule has 58 heavy (non-hydrogen) atoms. The van der Waals surface area contributed by atoms with E-state index in [0.717, 1.165) is 61.3 Å². The van der Waals surface area contributed by atoms with Crippen molar-refractivity contribution in [3.63, 3.8) is 0 Å². The molecule has 4 unspecified atom stereocenters. The molecular formula is C53H45N5. The summed E-state index contributed by atoms with van der Waals surface area (Å²) in [6, 6.07) is 33.7. The normalized spacial score (nSPS) is 23.7. The van der Waals surface area contributed by atoms with Crippen LogP contribution in [-0.2, 0) is 6.42 Å². The number of benzene rings is 4. The molecule has 1 aromatic heterocycles. The van der Waals surface area contributed by atoms with Crippen molar-refractivity contribution < 1.29 is 0 Å². The molecule has 5 aliphatic carbocycles. The number of allylic oxidation sites excluding steroid dienone is 9. The Morgan fingerprint density at radius 2 is 1.69 bits per heavy atom. The van der Waals surface area contributed by atoms with Crippen molar-refractivity contribution in [2.75, 3.05) is 4.90 Å². The number of aliphatic imine (C=N–C) groups is 2. The third-order valence-electron chi connectivity index (χ3n) is 13.3. The first-order valence-corrected chi connectivity index (χ1v) is 21.2. The molecule has 282 valence electrons. The molecule has 4 aromatic carbocycles. The maximum Gasteiger partial charge on any atom is 0.155 e. The minimum absolute atomic E-state index is 0.215. The summed E-state index contributed by atoms with van der Waals surface area (Å²) in [5.41, 5.74) is 13.1. The Morgan fingerprint density at radius 1 is 0.776 bits per heavy atom. The zero-order valence-corrected chi connectivity index (χ0v) is 32.6. The van der Waals surface area contributed by atoms with E-state index in [1.165, 1.54) is 72.8 Å². The smallest absolute Gasteiger partial charge is 0.155 e. The molecule has 4 atom stereocenters. The van der Waals surface area contributed by atoms with E-state index in [9.17, 15) is 0 Å². The summed E-state index contributed by atoms with van der Waals surface area (Å²) in [5, 5.41) is 9.07. The van der Waals surface area contributed by atoms with Crippen LogP contribution in [0.2, 0.25) is 0 Å². The van der Waals surface area contributed by atoms with Gasteiger partial charge >= 0.3 is 0 Å². The number of aromatic nitrogens is 1. The lowest BCUT2D eigenvalue weighted by Gasteiger charge is -2.35. The summed E-state index contributed by atoms with van der Waals surface area (Å²) in [7, 11) is 0. The number of rotatable bonds is 5. The van der Waals surface area contributed by atoms with Gasteiger partial charge in [-0.3, -0.25) is 0 Å². The van der Waals surface area contributed by atoms with E-state index in [2.05, 4.69) is 173 Å². The van der Waals surface area contributed by atoms with E-state index in [1.54, 1.807) is 0 Å². The summed E-state index contributed by atoms with van der Waals surface area (Å²) in [6.45, 7) is 0. The molecule has 0 saturated carbocycles. The van der Waals surface area contributed by atoms with Crippen LogP contribution in [-0.4, -0.2) is 22.3 Å². The first-order chi connectivity index (χ1) is 28.7. The van der Waals surface area contributed by atoms with Gasteiger partial charge in [-0.2, -0.15) is 0 Å². The SMILES string of the molecule is C1=CCCC(C2=NC(c3ccccc3)NC(c3cccc(-n4c5c(c6c4=CC4=CC=CCC4C=6)C=C(N4c6c(ccc7ccccc67)C6C=CCCC64)CC5)c3)=N2)=C1. The molecule has 0 fully saturated rings. The van der Waals surface area contributed by atoms with E-state index in [-0.39, 0.29) is 6.17 Å². The second-order valence-corrected chi connectivity index (χ2v) is 16.7. The highest BCUT2D eigenvalue weighted by Crippen LogP contribution is 2.51. The van der Waals surface area contributed by atoms with Gasteiger partial charge in [0, 0.05) is 56.7 Å². The third kappa shape index (κ3) is 5.44.